The van der Waals surface area contributed by atoms with E-state index in [1.54, 1.807) is 0 Å². The number of hydrogen-bond acceptors (Lipinski definition) is 4. The van der Waals surface area contributed by atoms with Crippen LogP contribution >= 0.6 is 0 Å². The Balaban J connectivity index is 1.50. The fourth-order valence-electron chi connectivity index (χ4n) is 2.70. The fraction of sp³-hybridized carbons (Fsp3) is 0.933. The molecule has 1 saturated carbocycles. The molecule has 1 amide bonds. The highest BCUT2D eigenvalue weighted by Gasteiger charge is 2.31. The molecule has 2 N–H and O–H groups in total. The van der Waals surface area contributed by atoms with Gasteiger partial charge in [-0.25, -0.2) is 4.79 Å². The maximum atomic E-state index is 11.6. The van der Waals surface area contributed by atoms with E-state index in [1.165, 1.54) is 12.8 Å². The van der Waals surface area contributed by atoms with E-state index in [4.69, 9.17) is 9.47 Å². The summed E-state index contributed by atoms with van der Waals surface area (Å²) in [6.45, 7) is 7.57. The van der Waals surface area contributed by atoms with Gasteiger partial charge in [-0.1, -0.05) is 0 Å². The first kappa shape index (κ1) is 15.6. The van der Waals surface area contributed by atoms with Crippen molar-refractivity contribution in [2.75, 3.05) is 13.2 Å². The molecule has 1 aliphatic heterocycles. The zero-order valence-electron chi connectivity index (χ0n) is 12.9. The van der Waals surface area contributed by atoms with E-state index in [1.807, 2.05) is 20.8 Å². The molecule has 0 aromatic heterocycles. The van der Waals surface area contributed by atoms with Crippen molar-refractivity contribution in [3.8, 4) is 0 Å². The third-order valence-electron chi connectivity index (χ3n) is 3.78. The van der Waals surface area contributed by atoms with Gasteiger partial charge in [-0.05, 0) is 59.4 Å². The van der Waals surface area contributed by atoms with Crippen molar-refractivity contribution in [2.24, 2.45) is 0 Å². The van der Waals surface area contributed by atoms with Crippen LogP contribution in [0.25, 0.3) is 0 Å². The van der Waals surface area contributed by atoms with Gasteiger partial charge in [-0.2, -0.15) is 0 Å². The molecule has 5 heteroatoms. The first-order valence-corrected chi connectivity index (χ1v) is 7.77. The van der Waals surface area contributed by atoms with Crippen LogP contribution in [0.4, 0.5) is 4.79 Å². The lowest BCUT2D eigenvalue weighted by atomic mass is 9.87. The van der Waals surface area contributed by atoms with Crippen LogP contribution in [0, 0.1) is 0 Å². The third-order valence-corrected chi connectivity index (χ3v) is 3.78. The van der Waals surface area contributed by atoms with Crippen LogP contribution in [-0.2, 0) is 9.47 Å². The molecule has 0 aromatic rings. The molecule has 0 aromatic carbocycles. The molecule has 0 bridgehead atoms. The van der Waals surface area contributed by atoms with E-state index >= 15 is 0 Å². The number of nitrogens with one attached hydrogen (secondary N) is 2. The number of hydrogen-bond donors (Lipinski definition) is 2. The molecule has 1 aliphatic carbocycles. The van der Waals surface area contributed by atoms with Gasteiger partial charge in [0.1, 0.15) is 5.60 Å². The van der Waals surface area contributed by atoms with E-state index in [-0.39, 0.29) is 12.1 Å². The minimum absolute atomic E-state index is 0.255. The largest absolute Gasteiger partial charge is 0.444 e. The minimum Gasteiger partial charge on any atom is -0.444 e. The van der Waals surface area contributed by atoms with Gasteiger partial charge >= 0.3 is 6.09 Å². The first-order valence-electron chi connectivity index (χ1n) is 7.77. The second-order valence-corrected chi connectivity index (χ2v) is 6.89. The number of alkyl carbamates (subject to hydrolysis) is 1. The van der Waals surface area contributed by atoms with Crippen molar-refractivity contribution in [3.63, 3.8) is 0 Å². The van der Waals surface area contributed by atoms with E-state index in [9.17, 15) is 4.79 Å². The van der Waals surface area contributed by atoms with Gasteiger partial charge in [0.2, 0.25) is 0 Å². The fourth-order valence-corrected chi connectivity index (χ4v) is 2.70. The maximum absolute atomic E-state index is 11.6. The Morgan fingerprint density at radius 2 is 2.05 bits per heavy atom. The first-order chi connectivity index (χ1) is 9.42. The Morgan fingerprint density at radius 3 is 2.65 bits per heavy atom. The van der Waals surface area contributed by atoms with Gasteiger partial charge in [0.15, 0.2) is 0 Å². The van der Waals surface area contributed by atoms with Crippen LogP contribution in [0.15, 0.2) is 0 Å². The molecule has 2 fully saturated rings. The Hall–Kier alpha value is -0.810. The van der Waals surface area contributed by atoms with Crippen molar-refractivity contribution in [1.82, 2.24) is 10.6 Å². The second kappa shape index (κ2) is 6.76. The van der Waals surface area contributed by atoms with Gasteiger partial charge in [0.05, 0.1) is 6.10 Å². The molecular formula is C15H28N2O3. The second-order valence-electron chi connectivity index (χ2n) is 6.89. The molecule has 1 unspecified atom stereocenters. The highest BCUT2D eigenvalue weighted by molar-refractivity contribution is 5.68. The van der Waals surface area contributed by atoms with Crippen LogP contribution in [0.1, 0.15) is 52.9 Å². The summed E-state index contributed by atoms with van der Waals surface area (Å²) in [5, 5.41) is 6.43. The molecule has 0 spiro atoms. The lowest BCUT2D eigenvalue weighted by Crippen LogP contribution is -2.53. The van der Waals surface area contributed by atoms with E-state index in [0.29, 0.717) is 12.1 Å². The molecule has 2 aliphatic rings. The van der Waals surface area contributed by atoms with Crippen molar-refractivity contribution in [1.29, 1.82) is 0 Å². The molecule has 1 heterocycles. The molecular weight excluding hydrogens is 256 g/mol. The summed E-state index contributed by atoms with van der Waals surface area (Å²) < 4.78 is 10.8. The molecule has 1 saturated heterocycles. The zero-order chi connectivity index (χ0) is 14.6. The van der Waals surface area contributed by atoms with Gasteiger partial charge < -0.3 is 20.1 Å². The molecule has 0 radical (unpaired) electrons. The van der Waals surface area contributed by atoms with E-state index in [2.05, 4.69) is 10.6 Å². The minimum atomic E-state index is -0.424. The lowest BCUT2D eigenvalue weighted by molar-refractivity contribution is 0.0464. The number of rotatable bonds is 5. The number of ether oxygens (including phenoxy) is 2. The number of carbonyl (C=O) groups excluding carboxylic acids is 1. The molecule has 1 atom stereocenters. The Kier molecular flexibility index (Phi) is 5.27. The summed E-state index contributed by atoms with van der Waals surface area (Å²) in [5.41, 5.74) is -0.424. The highest BCUT2D eigenvalue weighted by Crippen LogP contribution is 2.21. The van der Waals surface area contributed by atoms with Crippen LogP contribution < -0.4 is 10.6 Å². The average Bonchev–Trinajstić information content (AvgIpc) is 2.75. The van der Waals surface area contributed by atoms with E-state index < -0.39 is 5.60 Å². The standard InChI is InChI=1S/C15H28N2O3/c1-15(2,3)20-14(18)17-12-9-11(10-12)16-7-6-13-5-4-8-19-13/h11-13,16H,4-10H2,1-3H3,(H,17,18). The maximum Gasteiger partial charge on any atom is 0.407 e. The SMILES string of the molecule is CC(C)(C)OC(=O)NC1CC(NCCC2CCCO2)C1. The summed E-state index contributed by atoms with van der Waals surface area (Å²) >= 11 is 0. The summed E-state index contributed by atoms with van der Waals surface area (Å²) in [6.07, 6.45) is 5.64. The summed E-state index contributed by atoms with van der Waals surface area (Å²) in [6, 6.07) is 0.779. The van der Waals surface area contributed by atoms with Crippen molar-refractivity contribution >= 4 is 6.09 Å². The third kappa shape index (κ3) is 5.29. The summed E-state index contributed by atoms with van der Waals surface area (Å²) in [7, 11) is 0. The normalized spacial score (nSPS) is 29.9. The summed E-state index contributed by atoms with van der Waals surface area (Å²) in [4.78, 5) is 11.6. The predicted octanol–water partition coefficient (Wildman–Crippen LogP) is 2.20. The number of carbonyl (C=O) groups is 1. The van der Waals surface area contributed by atoms with Gasteiger partial charge in [-0.3, -0.25) is 0 Å². The lowest BCUT2D eigenvalue weighted by Gasteiger charge is -2.37. The summed E-state index contributed by atoms with van der Waals surface area (Å²) in [5.74, 6) is 0. The molecule has 5 nitrogen and oxygen atoms in total. The van der Waals surface area contributed by atoms with Crippen molar-refractivity contribution < 1.29 is 14.3 Å². The highest BCUT2D eigenvalue weighted by atomic mass is 16.6. The Labute approximate surface area is 121 Å². The van der Waals surface area contributed by atoms with Gasteiger partial charge in [-0.15, -0.1) is 0 Å². The Morgan fingerprint density at radius 1 is 1.30 bits per heavy atom. The zero-order valence-corrected chi connectivity index (χ0v) is 12.9. The topological polar surface area (TPSA) is 59.6 Å². The molecule has 116 valence electrons. The Bertz CT molecular complexity index is 316. The quantitative estimate of drug-likeness (QED) is 0.812. The number of amides is 1. The predicted molar refractivity (Wildman–Crippen MR) is 77.8 cm³/mol. The van der Waals surface area contributed by atoms with Gasteiger partial charge in [0, 0.05) is 18.7 Å². The van der Waals surface area contributed by atoms with Crippen LogP contribution in [0.2, 0.25) is 0 Å². The molecule has 2 rings (SSSR count). The smallest absolute Gasteiger partial charge is 0.407 e. The average molecular weight is 284 g/mol. The van der Waals surface area contributed by atoms with E-state index in [0.717, 1.165) is 32.4 Å². The van der Waals surface area contributed by atoms with Crippen LogP contribution in [-0.4, -0.2) is 43.0 Å². The molecule has 20 heavy (non-hydrogen) atoms. The van der Waals surface area contributed by atoms with Crippen molar-refractivity contribution in [3.05, 3.63) is 0 Å². The van der Waals surface area contributed by atoms with Crippen LogP contribution in [0.3, 0.4) is 0 Å². The van der Waals surface area contributed by atoms with Crippen molar-refractivity contribution in [2.45, 2.75) is 76.7 Å². The van der Waals surface area contributed by atoms with Crippen LogP contribution in [0.5, 0.6) is 0 Å². The monoisotopic (exact) mass is 284 g/mol. The van der Waals surface area contributed by atoms with Gasteiger partial charge in [0.25, 0.3) is 0 Å².